The van der Waals surface area contributed by atoms with Crippen molar-refractivity contribution in [3.63, 3.8) is 0 Å². The van der Waals surface area contributed by atoms with E-state index in [0.717, 1.165) is 0 Å². The number of hydrogen-bond acceptors (Lipinski definition) is 3. The van der Waals surface area contributed by atoms with E-state index < -0.39 is 11.9 Å². The first-order valence-corrected chi connectivity index (χ1v) is 6.17. The molecule has 19 heavy (non-hydrogen) atoms. The van der Waals surface area contributed by atoms with Gasteiger partial charge in [-0.2, -0.15) is 0 Å². The summed E-state index contributed by atoms with van der Waals surface area (Å²) in [6.07, 6.45) is 4.23. The number of carbonyl (C=O) groups is 2. The summed E-state index contributed by atoms with van der Waals surface area (Å²) in [5.41, 5.74) is -0.240. The van der Waals surface area contributed by atoms with Gasteiger partial charge in [-0.3, -0.25) is 14.4 Å². The number of nitrogens with one attached hydrogen (secondary N) is 2. The molecule has 1 aromatic rings. The van der Waals surface area contributed by atoms with E-state index in [1.54, 1.807) is 0 Å². The number of pyridine rings is 1. The van der Waals surface area contributed by atoms with Crippen molar-refractivity contribution < 1.29 is 14.7 Å². The average molecular weight is 266 g/mol. The number of amides is 1. The molecule has 0 radical (unpaired) electrons. The highest BCUT2D eigenvalue weighted by atomic mass is 16.4. The molecule has 0 aliphatic carbocycles. The largest absolute Gasteiger partial charge is 0.481 e. The topological polar surface area (TPSA) is 99.3 Å². The van der Waals surface area contributed by atoms with E-state index in [1.807, 2.05) is 6.92 Å². The van der Waals surface area contributed by atoms with Crippen molar-refractivity contribution in [2.24, 2.45) is 5.92 Å². The summed E-state index contributed by atoms with van der Waals surface area (Å²) < 4.78 is 0. The molecule has 0 aromatic carbocycles. The van der Waals surface area contributed by atoms with Crippen molar-refractivity contribution in [2.45, 2.75) is 26.2 Å². The molecule has 1 atom stereocenters. The molecule has 0 fully saturated rings. The summed E-state index contributed by atoms with van der Waals surface area (Å²) >= 11 is 0. The molecule has 1 aromatic heterocycles. The standard InChI is InChI=1S/C13H18N2O4/c1-9(2-3-12(17)18)4-7-15-13(19)10-8-14-6-5-11(10)16/h5-6,8-9H,2-4,7H2,1H3,(H,14,16)(H,15,19)(H,17,18). The Bertz CT molecular complexity index is 495. The van der Waals surface area contributed by atoms with Gasteiger partial charge in [0.1, 0.15) is 5.56 Å². The van der Waals surface area contributed by atoms with Crippen LogP contribution < -0.4 is 10.7 Å². The van der Waals surface area contributed by atoms with Gasteiger partial charge in [0.2, 0.25) is 0 Å². The molecule has 0 saturated carbocycles. The molecule has 104 valence electrons. The number of aromatic nitrogens is 1. The minimum absolute atomic E-state index is 0.0840. The van der Waals surface area contributed by atoms with E-state index in [2.05, 4.69) is 10.3 Å². The zero-order chi connectivity index (χ0) is 14.3. The smallest absolute Gasteiger partial charge is 0.303 e. The molecule has 1 amide bonds. The first kappa shape index (κ1) is 14.9. The quantitative estimate of drug-likeness (QED) is 0.685. The number of carboxylic acid groups (broad SMARTS) is 1. The fourth-order valence-corrected chi connectivity index (χ4v) is 1.64. The van der Waals surface area contributed by atoms with Crippen LogP contribution in [0.25, 0.3) is 0 Å². The monoisotopic (exact) mass is 266 g/mol. The molecule has 1 unspecified atom stereocenters. The molecular weight excluding hydrogens is 248 g/mol. The second-order valence-corrected chi connectivity index (χ2v) is 4.50. The van der Waals surface area contributed by atoms with Crippen LogP contribution in [0.4, 0.5) is 0 Å². The highest BCUT2D eigenvalue weighted by Gasteiger charge is 2.10. The van der Waals surface area contributed by atoms with Crippen LogP contribution in [0.1, 0.15) is 36.5 Å². The molecule has 0 bridgehead atoms. The Hall–Kier alpha value is -2.11. The third-order valence-corrected chi connectivity index (χ3v) is 2.84. The summed E-state index contributed by atoms with van der Waals surface area (Å²) in [5.74, 6) is -1.01. The van der Waals surface area contributed by atoms with Crippen LogP contribution in [-0.4, -0.2) is 28.5 Å². The van der Waals surface area contributed by atoms with Gasteiger partial charge in [0.25, 0.3) is 5.91 Å². The fraction of sp³-hybridized carbons (Fsp3) is 0.462. The second kappa shape index (κ2) is 7.35. The summed E-state index contributed by atoms with van der Waals surface area (Å²) in [6, 6.07) is 1.30. The Morgan fingerprint density at radius 3 is 2.79 bits per heavy atom. The van der Waals surface area contributed by atoms with Gasteiger partial charge in [-0.25, -0.2) is 0 Å². The van der Waals surface area contributed by atoms with E-state index in [-0.39, 0.29) is 23.3 Å². The summed E-state index contributed by atoms with van der Waals surface area (Å²) in [6.45, 7) is 2.36. The van der Waals surface area contributed by atoms with E-state index in [4.69, 9.17) is 5.11 Å². The lowest BCUT2D eigenvalue weighted by Gasteiger charge is -2.10. The maximum atomic E-state index is 11.7. The van der Waals surface area contributed by atoms with Gasteiger partial charge in [0, 0.05) is 31.4 Å². The van der Waals surface area contributed by atoms with Gasteiger partial charge < -0.3 is 15.4 Å². The number of aliphatic carboxylic acids is 1. The van der Waals surface area contributed by atoms with Crippen LogP contribution >= 0.6 is 0 Å². The average Bonchev–Trinajstić information content (AvgIpc) is 2.36. The van der Waals surface area contributed by atoms with E-state index in [1.165, 1.54) is 18.5 Å². The predicted molar refractivity (Wildman–Crippen MR) is 70.0 cm³/mol. The number of H-pyrrole nitrogens is 1. The maximum Gasteiger partial charge on any atom is 0.303 e. The van der Waals surface area contributed by atoms with Crippen LogP contribution in [0.3, 0.4) is 0 Å². The molecule has 0 aliphatic rings. The third-order valence-electron chi connectivity index (χ3n) is 2.84. The van der Waals surface area contributed by atoms with Gasteiger partial charge in [0.15, 0.2) is 5.43 Å². The lowest BCUT2D eigenvalue weighted by molar-refractivity contribution is -0.137. The molecule has 1 rings (SSSR count). The van der Waals surface area contributed by atoms with Crippen molar-refractivity contribution in [3.05, 3.63) is 34.2 Å². The molecule has 0 saturated heterocycles. The lowest BCUT2D eigenvalue weighted by Crippen LogP contribution is -2.29. The van der Waals surface area contributed by atoms with Crippen LogP contribution in [0.15, 0.2) is 23.3 Å². The Labute approximate surface area is 110 Å². The summed E-state index contributed by atoms with van der Waals surface area (Å²) in [5, 5.41) is 11.2. The van der Waals surface area contributed by atoms with Gasteiger partial charge in [-0.1, -0.05) is 6.92 Å². The number of carboxylic acids is 1. The van der Waals surface area contributed by atoms with E-state index in [0.29, 0.717) is 19.4 Å². The molecule has 6 heteroatoms. The highest BCUT2D eigenvalue weighted by molar-refractivity contribution is 5.93. The van der Waals surface area contributed by atoms with Crippen LogP contribution in [0.2, 0.25) is 0 Å². The van der Waals surface area contributed by atoms with Crippen molar-refractivity contribution >= 4 is 11.9 Å². The van der Waals surface area contributed by atoms with Gasteiger partial charge in [0.05, 0.1) is 0 Å². The maximum absolute atomic E-state index is 11.7. The predicted octanol–water partition coefficient (Wildman–Crippen LogP) is 0.996. The summed E-state index contributed by atoms with van der Waals surface area (Å²) in [4.78, 5) is 36.2. The number of aromatic amines is 1. The Kier molecular flexibility index (Phi) is 5.78. The summed E-state index contributed by atoms with van der Waals surface area (Å²) in [7, 11) is 0. The van der Waals surface area contributed by atoms with Crippen molar-refractivity contribution in [3.8, 4) is 0 Å². The molecular formula is C13H18N2O4. The SMILES string of the molecule is CC(CCNC(=O)c1c[nH]ccc1=O)CCC(=O)O. The number of rotatable bonds is 7. The fourth-order valence-electron chi connectivity index (χ4n) is 1.64. The highest BCUT2D eigenvalue weighted by Crippen LogP contribution is 2.09. The zero-order valence-electron chi connectivity index (χ0n) is 10.8. The second-order valence-electron chi connectivity index (χ2n) is 4.50. The van der Waals surface area contributed by atoms with Crippen LogP contribution in [-0.2, 0) is 4.79 Å². The lowest BCUT2D eigenvalue weighted by atomic mass is 10.0. The minimum Gasteiger partial charge on any atom is -0.481 e. The minimum atomic E-state index is -0.813. The Balaban J connectivity index is 2.33. The third kappa shape index (κ3) is 5.37. The Morgan fingerprint density at radius 1 is 1.42 bits per heavy atom. The van der Waals surface area contributed by atoms with Crippen molar-refractivity contribution in [2.75, 3.05) is 6.54 Å². The number of hydrogen-bond donors (Lipinski definition) is 3. The van der Waals surface area contributed by atoms with Gasteiger partial charge >= 0.3 is 5.97 Å². The first-order chi connectivity index (χ1) is 9.00. The molecule has 0 aliphatic heterocycles. The van der Waals surface area contributed by atoms with E-state index >= 15 is 0 Å². The molecule has 3 N–H and O–H groups in total. The van der Waals surface area contributed by atoms with E-state index in [9.17, 15) is 14.4 Å². The van der Waals surface area contributed by atoms with Crippen LogP contribution in [0, 0.1) is 5.92 Å². The zero-order valence-corrected chi connectivity index (χ0v) is 10.8. The van der Waals surface area contributed by atoms with Crippen LogP contribution in [0.5, 0.6) is 0 Å². The van der Waals surface area contributed by atoms with Gasteiger partial charge in [-0.05, 0) is 18.8 Å². The first-order valence-electron chi connectivity index (χ1n) is 6.17. The normalized spacial score (nSPS) is 11.8. The number of carbonyl (C=O) groups excluding carboxylic acids is 1. The molecule has 6 nitrogen and oxygen atoms in total. The Morgan fingerprint density at radius 2 is 2.16 bits per heavy atom. The van der Waals surface area contributed by atoms with Crippen molar-refractivity contribution in [1.82, 2.24) is 10.3 Å². The van der Waals surface area contributed by atoms with Gasteiger partial charge in [-0.15, -0.1) is 0 Å². The van der Waals surface area contributed by atoms with Crippen molar-refractivity contribution in [1.29, 1.82) is 0 Å². The molecule has 1 heterocycles. The molecule has 0 spiro atoms.